The molecule has 1 aromatic heterocycles. The van der Waals surface area contributed by atoms with Crippen molar-refractivity contribution in [2.45, 2.75) is 26.2 Å². The van der Waals surface area contributed by atoms with Crippen LogP contribution in [-0.4, -0.2) is 35.5 Å². The number of nitrogens with zero attached hydrogens (tertiary/aromatic N) is 3. The van der Waals surface area contributed by atoms with Gasteiger partial charge in [0.2, 0.25) is 0 Å². The third kappa shape index (κ3) is 4.92. The molecule has 1 N–H and O–H groups in total. The highest BCUT2D eigenvalue weighted by Crippen LogP contribution is 2.21. The molecule has 0 atom stereocenters. The molecule has 25 heavy (non-hydrogen) atoms. The van der Waals surface area contributed by atoms with E-state index in [1.54, 1.807) is 6.07 Å². The van der Waals surface area contributed by atoms with Crippen molar-refractivity contribution in [3.8, 4) is 0 Å². The minimum absolute atomic E-state index is 0.164. The lowest BCUT2D eigenvalue weighted by molar-refractivity contribution is 0.0949. The first kappa shape index (κ1) is 17.7. The average molecular weight is 359 g/mol. The summed E-state index contributed by atoms with van der Waals surface area (Å²) in [6.07, 6.45) is 4.55. The molecule has 0 radical (unpaired) electrons. The van der Waals surface area contributed by atoms with Crippen LogP contribution in [0, 0.1) is 5.92 Å². The standard InChI is InChI=1S/C19H23ClN4O/c1-14-7-10-24(11-8-14)18-12-17(22-13-23-18)19(25)21-9-6-15-2-4-16(20)5-3-15/h2-5,12-14H,6-11H2,1H3,(H,21,25). The van der Waals surface area contributed by atoms with Crippen molar-refractivity contribution in [3.05, 3.63) is 52.9 Å². The van der Waals surface area contributed by atoms with Crippen LogP contribution in [0.25, 0.3) is 0 Å². The van der Waals surface area contributed by atoms with Gasteiger partial charge in [0.25, 0.3) is 5.91 Å². The van der Waals surface area contributed by atoms with Crippen molar-refractivity contribution in [2.75, 3.05) is 24.5 Å². The number of rotatable bonds is 5. The highest BCUT2D eigenvalue weighted by Gasteiger charge is 2.18. The molecular weight excluding hydrogens is 336 g/mol. The second-order valence-electron chi connectivity index (χ2n) is 6.56. The summed E-state index contributed by atoms with van der Waals surface area (Å²) in [5.74, 6) is 1.43. The monoisotopic (exact) mass is 358 g/mol. The van der Waals surface area contributed by atoms with E-state index < -0.39 is 0 Å². The van der Waals surface area contributed by atoms with Crippen molar-refractivity contribution < 1.29 is 4.79 Å². The van der Waals surface area contributed by atoms with E-state index in [1.165, 1.54) is 6.33 Å². The first-order valence-corrected chi connectivity index (χ1v) is 9.09. The minimum atomic E-state index is -0.164. The van der Waals surface area contributed by atoms with E-state index >= 15 is 0 Å². The molecule has 1 aliphatic heterocycles. The van der Waals surface area contributed by atoms with E-state index in [2.05, 4.69) is 27.1 Å². The van der Waals surface area contributed by atoms with Crippen molar-refractivity contribution in [1.82, 2.24) is 15.3 Å². The second kappa shape index (κ2) is 8.30. The lowest BCUT2D eigenvalue weighted by Crippen LogP contribution is -2.34. The molecule has 1 aliphatic rings. The lowest BCUT2D eigenvalue weighted by atomic mass is 9.99. The van der Waals surface area contributed by atoms with Gasteiger partial charge in [-0.2, -0.15) is 0 Å². The zero-order valence-corrected chi connectivity index (χ0v) is 15.2. The first-order valence-electron chi connectivity index (χ1n) is 8.71. The number of carbonyl (C=O) groups is 1. The van der Waals surface area contributed by atoms with E-state index in [-0.39, 0.29) is 5.91 Å². The zero-order chi connectivity index (χ0) is 17.6. The van der Waals surface area contributed by atoms with Crippen LogP contribution in [0.5, 0.6) is 0 Å². The number of halogens is 1. The Morgan fingerprint density at radius 2 is 1.96 bits per heavy atom. The average Bonchev–Trinajstić information content (AvgIpc) is 2.64. The fraction of sp³-hybridized carbons (Fsp3) is 0.421. The summed E-state index contributed by atoms with van der Waals surface area (Å²) in [5, 5.41) is 3.63. The first-order chi connectivity index (χ1) is 12.1. The van der Waals surface area contributed by atoms with Crippen molar-refractivity contribution in [2.24, 2.45) is 5.92 Å². The second-order valence-corrected chi connectivity index (χ2v) is 7.00. The van der Waals surface area contributed by atoms with Gasteiger partial charge in [-0.1, -0.05) is 30.7 Å². The van der Waals surface area contributed by atoms with E-state index in [1.807, 2.05) is 24.3 Å². The van der Waals surface area contributed by atoms with Crippen molar-refractivity contribution in [1.29, 1.82) is 0 Å². The Hall–Kier alpha value is -2.14. The predicted molar refractivity (Wildman–Crippen MR) is 100 cm³/mol. The molecule has 0 spiro atoms. The molecule has 2 aromatic rings. The Kier molecular flexibility index (Phi) is 5.87. The maximum atomic E-state index is 12.3. The number of hydrogen-bond acceptors (Lipinski definition) is 4. The van der Waals surface area contributed by atoms with Crippen LogP contribution in [0.2, 0.25) is 5.02 Å². The maximum Gasteiger partial charge on any atom is 0.270 e. The summed E-state index contributed by atoms with van der Waals surface area (Å²) >= 11 is 5.88. The van der Waals surface area contributed by atoms with Crippen LogP contribution in [0.3, 0.4) is 0 Å². The summed E-state index contributed by atoms with van der Waals surface area (Å²) in [7, 11) is 0. The topological polar surface area (TPSA) is 58.1 Å². The highest BCUT2D eigenvalue weighted by atomic mass is 35.5. The molecule has 1 fully saturated rings. The molecule has 1 saturated heterocycles. The SMILES string of the molecule is CC1CCN(c2cc(C(=O)NCCc3ccc(Cl)cc3)ncn2)CC1. The van der Waals surface area contributed by atoms with Gasteiger partial charge >= 0.3 is 0 Å². The fourth-order valence-corrected chi connectivity index (χ4v) is 3.07. The number of amides is 1. The molecule has 2 heterocycles. The molecule has 3 rings (SSSR count). The van der Waals surface area contributed by atoms with Gasteiger partial charge in [0.05, 0.1) is 0 Å². The zero-order valence-electron chi connectivity index (χ0n) is 14.4. The van der Waals surface area contributed by atoms with Gasteiger partial charge in [0.15, 0.2) is 0 Å². The summed E-state index contributed by atoms with van der Waals surface area (Å²) in [6.45, 7) is 4.80. The van der Waals surface area contributed by atoms with E-state index in [9.17, 15) is 4.79 Å². The molecule has 5 nitrogen and oxygen atoms in total. The van der Waals surface area contributed by atoms with Gasteiger partial charge in [-0.15, -0.1) is 0 Å². The normalized spacial score (nSPS) is 15.2. The summed E-state index contributed by atoms with van der Waals surface area (Å²) in [4.78, 5) is 23.0. The molecule has 132 valence electrons. The number of nitrogens with one attached hydrogen (secondary N) is 1. The molecule has 1 amide bonds. The Labute approximate surface area is 153 Å². The summed E-state index contributed by atoms with van der Waals surface area (Å²) in [5.41, 5.74) is 1.55. The Bertz CT molecular complexity index is 712. The largest absolute Gasteiger partial charge is 0.356 e. The van der Waals surface area contributed by atoms with Crippen LogP contribution >= 0.6 is 11.6 Å². The fourth-order valence-electron chi connectivity index (χ4n) is 2.94. The molecule has 0 unspecified atom stereocenters. The molecule has 6 heteroatoms. The maximum absolute atomic E-state index is 12.3. The number of anilines is 1. The third-order valence-corrected chi connectivity index (χ3v) is 4.86. The van der Waals surface area contributed by atoms with Crippen molar-refractivity contribution in [3.63, 3.8) is 0 Å². The van der Waals surface area contributed by atoms with Gasteiger partial charge in [-0.25, -0.2) is 9.97 Å². The number of aromatic nitrogens is 2. The third-order valence-electron chi connectivity index (χ3n) is 4.61. The van der Waals surface area contributed by atoms with Gasteiger partial charge in [0, 0.05) is 30.7 Å². The Balaban J connectivity index is 1.55. The van der Waals surface area contributed by atoms with Crippen molar-refractivity contribution >= 4 is 23.3 Å². The van der Waals surface area contributed by atoms with Gasteiger partial charge in [-0.3, -0.25) is 4.79 Å². The molecule has 0 bridgehead atoms. The van der Waals surface area contributed by atoms with Crippen LogP contribution in [0.1, 0.15) is 35.8 Å². The highest BCUT2D eigenvalue weighted by molar-refractivity contribution is 6.30. The van der Waals surface area contributed by atoms with Crippen LogP contribution in [0.15, 0.2) is 36.7 Å². The predicted octanol–water partition coefficient (Wildman–Crippen LogP) is 3.34. The molecule has 1 aromatic carbocycles. The number of piperidine rings is 1. The van der Waals surface area contributed by atoms with Gasteiger partial charge in [0.1, 0.15) is 17.8 Å². The number of carbonyl (C=O) groups excluding carboxylic acids is 1. The van der Waals surface area contributed by atoms with Gasteiger partial charge < -0.3 is 10.2 Å². The van der Waals surface area contributed by atoms with Crippen LogP contribution < -0.4 is 10.2 Å². The van der Waals surface area contributed by atoms with E-state index in [0.717, 1.165) is 49.7 Å². The van der Waals surface area contributed by atoms with Gasteiger partial charge in [-0.05, 0) is 42.9 Å². The summed E-state index contributed by atoms with van der Waals surface area (Å²) in [6, 6.07) is 9.43. The molecular formula is C19H23ClN4O. The minimum Gasteiger partial charge on any atom is -0.356 e. The Morgan fingerprint density at radius 1 is 1.24 bits per heavy atom. The van der Waals surface area contributed by atoms with E-state index in [4.69, 9.17) is 11.6 Å². The lowest BCUT2D eigenvalue weighted by Gasteiger charge is -2.31. The Morgan fingerprint density at radius 3 is 2.68 bits per heavy atom. The number of hydrogen-bond donors (Lipinski definition) is 1. The number of benzene rings is 1. The molecule has 0 aliphatic carbocycles. The molecule has 0 saturated carbocycles. The quantitative estimate of drug-likeness (QED) is 0.890. The van der Waals surface area contributed by atoms with Crippen LogP contribution in [-0.2, 0) is 6.42 Å². The smallest absolute Gasteiger partial charge is 0.270 e. The van der Waals surface area contributed by atoms with Crippen LogP contribution in [0.4, 0.5) is 5.82 Å². The van der Waals surface area contributed by atoms with E-state index in [0.29, 0.717) is 17.3 Å². The summed E-state index contributed by atoms with van der Waals surface area (Å²) < 4.78 is 0.